The second-order valence-corrected chi connectivity index (χ2v) is 7.03. The molecule has 4 rings (SSSR count). The number of carbonyl (C=O) groups excluding carboxylic acids is 1. The zero-order valence-corrected chi connectivity index (χ0v) is 16.1. The second-order valence-electron chi connectivity index (χ2n) is 6.59. The number of rotatable bonds is 5. The normalized spacial score (nSPS) is 11.2. The summed E-state index contributed by atoms with van der Waals surface area (Å²) < 4.78 is 3.22. The van der Waals surface area contributed by atoms with Gasteiger partial charge in [0.2, 0.25) is 5.91 Å². The molecule has 2 aromatic heterocycles. The van der Waals surface area contributed by atoms with E-state index in [0.29, 0.717) is 16.2 Å². The van der Waals surface area contributed by atoms with Crippen molar-refractivity contribution in [1.82, 2.24) is 14.3 Å². The molecule has 142 valence electrons. The minimum atomic E-state index is -0.325. The zero-order valence-electron chi connectivity index (χ0n) is 15.4. The first-order chi connectivity index (χ1) is 13.6. The van der Waals surface area contributed by atoms with E-state index in [1.54, 1.807) is 30.5 Å². The van der Waals surface area contributed by atoms with E-state index in [1.807, 2.05) is 28.8 Å². The fourth-order valence-electron chi connectivity index (χ4n) is 3.43. The van der Waals surface area contributed by atoms with Crippen LogP contribution in [0.4, 0.5) is 5.69 Å². The highest BCUT2D eigenvalue weighted by Gasteiger charge is 2.16. The Hall–Kier alpha value is -3.12. The third-order valence-corrected chi connectivity index (χ3v) is 4.89. The third-order valence-electron chi connectivity index (χ3n) is 4.64. The fraction of sp³-hybridized carbons (Fsp3) is 0.190. The fourth-order valence-corrected chi connectivity index (χ4v) is 3.56. The summed E-state index contributed by atoms with van der Waals surface area (Å²) in [6.45, 7) is 2.63. The van der Waals surface area contributed by atoms with Gasteiger partial charge in [-0.05, 0) is 36.8 Å². The highest BCUT2D eigenvalue weighted by atomic mass is 35.5. The number of hydrogen-bond acceptors (Lipinski definition) is 3. The monoisotopic (exact) mass is 394 g/mol. The molecule has 28 heavy (non-hydrogen) atoms. The molecule has 0 aliphatic heterocycles. The lowest BCUT2D eigenvalue weighted by Crippen LogP contribution is -2.30. The van der Waals surface area contributed by atoms with Crippen molar-refractivity contribution in [2.24, 2.45) is 0 Å². The molecule has 0 atom stereocenters. The molecule has 0 saturated carbocycles. The molecule has 0 unspecified atom stereocenters. The van der Waals surface area contributed by atoms with E-state index in [-0.39, 0.29) is 18.0 Å². The number of halogens is 1. The predicted molar refractivity (Wildman–Crippen MR) is 112 cm³/mol. The summed E-state index contributed by atoms with van der Waals surface area (Å²) in [4.78, 5) is 25.5. The average Bonchev–Trinajstić information content (AvgIpc) is 3.01. The predicted octanol–water partition coefficient (Wildman–Crippen LogP) is 4.05. The van der Waals surface area contributed by atoms with Crippen molar-refractivity contribution in [2.75, 3.05) is 5.32 Å². The SMILES string of the molecule is CCCn1c2ccccc2c2cnn(CC(=O)Nc3ccc(Cl)cc3)c(=O)c21. The Morgan fingerprint density at radius 1 is 1.11 bits per heavy atom. The average molecular weight is 395 g/mol. The van der Waals surface area contributed by atoms with Crippen molar-refractivity contribution in [3.63, 3.8) is 0 Å². The number of nitrogens with zero attached hydrogens (tertiary/aromatic N) is 3. The van der Waals surface area contributed by atoms with Gasteiger partial charge in [-0.1, -0.05) is 36.7 Å². The summed E-state index contributed by atoms with van der Waals surface area (Å²) in [6, 6.07) is 14.7. The van der Waals surface area contributed by atoms with E-state index in [0.717, 1.165) is 29.3 Å². The molecule has 6 nitrogen and oxygen atoms in total. The number of hydrogen-bond donors (Lipinski definition) is 1. The van der Waals surface area contributed by atoms with Gasteiger partial charge in [-0.25, -0.2) is 4.68 Å². The summed E-state index contributed by atoms with van der Waals surface area (Å²) in [5.41, 5.74) is 1.93. The van der Waals surface area contributed by atoms with E-state index < -0.39 is 0 Å². The Morgan fingerprint density at radius 2 is 1.86 bits per heavy atom. The lowest BCUT2D eigenvalue weighted by atomic mass is 10.2. The largest absolute Gasteiger partial charge is 0.336 e. The van der Waals surface area contributed by atoms with Gasteiger partial charge in [-0.15, -0.1) is 0 Å². The second kappa shape index (κ2) is 7.48. The number of anilines is 1. The highest BCUT2D eigenvalue weighted by Crippen LogP contribution is 2.26. The van der Waals surface area contributed by atoms with Crippen LogP contribution in [0.5, 0.6) is 0 Å². The number of nitrogens with one attached hydrogen (secondary N) is 1. The maximum absolute atomic E-state index is 13.1. The van der Waals surface area contributed by atoms with E-state index in [2.05, 4.69) is 17.3 Å². The molecule has 7 heteroatoms. The molecule has 0 fully saturated rings. The summed E-state index contributed by atoms with van der Waals surface area (Å²) in [5.74, 6) is -0.325. The molecule has 1 amide bonds. The van der Waals surface area contributed by atoms with Crippen LogP contribution in [0, 0.1) is 0 Å². The van der Waals surface area contributed by atoms with Gasteiger partial charge in [0.15, 0.2) is 0 Å². The molecule has 2 heterocycles. The van der Waals surface area contributed by atoms with E-state index in [1.165, 1.54) is 4.68 Å². The first kappa shape index (κ1) is 18.3. The van der Waals surface area contributed by atoms with Crippen LogP contribution in [-0.2, 0) is 17.9 Å². The Labute approximate surface area is 166 Å². The standard InChI is InChI=1S/C21H19ClN4O2/c1-2-11-25-18-6-4-3-5-16(18)17-12-23-26(21(28)20(17)25)13-19(27)24-15-9-7-14(22)8-10-15/h3-10,12H,2,11,13H2,1H3,(H,24,27). The summed E-state index contributed by atoms with van der Waals surface area (Å²) in [6.07, 6.45) is 2.56. The van der Waals surface area contributed by atoms with Crippen LogP contribution in [0.25, 0.3) is 21.8 Å². The molecule has 1 N–H and O–H groups in total. The van der Waals surface area contributed by atoms with Crippen molar-refractivity contribution >= 4 is 45.0 Å². The Kier molecular flexibility index (Phi) is 4.88. The van der Waals surface area contributed by atoms with Gasteiger partial charge in [0.1, 0.15) is 12.1 Å². The molecule has 4 aromatic rings. The number of para-hydroxylation sites is 1. The van der Waals surface area contributed by atoms with Crippen LogP contribution < -0.4 is 10.9 Å². The molecule has 0 bridgehead atoms. The molecule has 0 spiro atoms. The van der Waals surface area contributed by atoms with Gasteiger partial charge < -0.3 is 9.88 Å². The number of aryl methyl sites for hydroxylation is 1. The Bertz CT molecular complexity index is 1230. The Morgan fingerprint density at radius 3 is 2.61 bits per heavy atom. The molecule has 0 radical (unpaired) electrons. The Balaban J connectivity index is 1.72. The summed E-state index contributed by atoms with van der Waals surface area (Å²) in [5, 5.41) is 9.38. The molecule has 0 aliphatic rings. The van der Waals surface area contributed by atoms with Crippen molar-refractivity contribution in [2.45, 2.75) is 26.4 Å². The smallest absolute Gasteiger partial charge is 0.291 e. The molecule has 2 aromatic carbocycles. The van der Waals surface area contributed by atoms with E-state index in [4.69, 9.17) is 11.6 Å². The van der Waals surface area contributed by atoms with Crippen LogP contribution >= 0.6 is 11.6 Å². The van der Waals surface area contributed by atoms with Crippen LogP contribution in [0.2, 0.25) is 5.02 Å². The molecular formula is C21H19ClN4O2. The first-order valence-electron chi connectivity index (χ1n) is 9.11. The van der Waals surface area contributed by atoms with Gasteiger partial charge in [-0.3, -0.25) is 9.59 Å². The first-order valence-corrected chi connectivity index (χ1v) is 9.48. The lowest BCUT2D eigenvalue weighted by molar-refractivity contribution is -0.117. The van der Waals surface area contributed by atoms with E-state index >= 15 is 0 Å². The lowest BCUT2D eigenvalue weighted by Gasteiger charge is -2.08. The highest BCUT2D eigenvalue weighted by molar-refractivity contribution is 6.30. The third kappa shape index (κ3) is 3.27. The van der Waals surface area contributed by atoms with Crippen molar-refractivity contribution < 1.29 is 4.79 Å². The maximum atomic E-state index is 13.1. The number of fused-ring (bicyclic) bond motifs is 3. The summed E-state index contributed by atoms with van der Waals surface area (Å²) >= 11 is 5.86. The van der Waals surface area contributed by atoms with Crippen LogP contribution in [0.1, 0.15) is 13.3 Å². The zero-order chi connectivity index (χ0) is 19.7. The van der Waals surface area contributed by atoms with Gasteiger partial charge in [0.05, 0.1) is 6.20 Å². The molecule has 0 aliphatic carbocycles. The van der Waals surface area contributed by atoms with Crippen molar-refractivity contribution in [3.05, 3.63) is 70.1 Å². The minimum absolute atomic E-state index is 0.162. The molecule has 0 saturated heterocycles. The number of benzene rings is 2. The van der Waals surface area contributed by atoms with Crippen LogP contribution in [0.3, 0.4) is 0 Å². The van der Waals surface area contributed by atoms with Crippen LogP contribution in [-0.4, -0.2) is 20.3 Å². The number of carbonyl (C=O) groups is 1. The van der Waals surface area contributed by atoms with Gasteiger partial charge in [0.25, 0.3) is 5.56 Å². The van der Waals surface area contributed by atoms with Gasteiger partial charge in [-0.2, -0.15) is 5.10 Å². The topological polar surface area (TPSA) is 68.9 Å². The quantitative estimate of drug-likeness (QED) is 0.555. The van der Waals surface area contributed by atoms with Gasteiger partial charge >= 0.3 is 0 Å². The van der Waals surface area contributed by atoms with Crippen molar-refractivity contribution in [1.29, 1.82) is 0 Å². The number of amides is 1. The summed E-state index contributed by atoms with van der Waals surface area (Å²) in [7, 11) is 0. The minimum Gasteiger partial charge on any atom is -0.336 e. The van der Waals surface area contributed by atoms with Crippen molar-refractivity contribution in [3.8, 4) is 0 Å². The number of aromatic nitrogens is 3. The molecular weight excluding hydrogens is 376 g/mol. The van der Waals surface area contributed by atoms with Crippen LogP contribution in [0.15, 0.2) is 59.5 Å². The van der Waals surface area contributed by atoms with E-state index in [9.17, 15) is 9.59 Å². The van der Waals surface area contributed by atoms with Gasteiger partial charge in [0, 0.05) is 33.5 Å². The maximum Gasteiger partial charge on any atom is 0.291 e.